The standard InChI is InChI=1S/C17H17ClO3/c1-20-15-9-8-13(11-16(15)21-2)14(17(18)19)10-12-6-4-3-5-7-12/h3-9,11,14H,10H2,1-2H3. The lowest BCUT2D eigenvalue weighted by atomic mass is 9.93. The second-order valence-corrected chi connectivity index (χ2v) is 5.03. The number of hydrogen-bond acceptors (Lipinski definition) is 3. The monoisotopic (exact) mass is 304 g/mol. The summed E-state index contributed by atoms with van der Waals surface area (Å²) in [5.74, 6) is 0.807. The Bertz CT molecular complexity index is 611. The average Bonchev–Trinajstić information content (AvgIpc) is 2.52. The number of halogens is 1. The molecule has 1 unspecified atom stereocenters. The number of methoxy groups -OCH3 is 2. The summed E-state index contributed by atoms with van der Waals surface area (Å²) >= 11 is 5.79. The Morgan fingerprint density at radius 1 is 1.05 bits per heavy atom. The molecule has 0 amide bonds. The average molecular weight is 305 g/mol. The van der Waals surface area contributed by atoms with Gasteiger partial charge in [-0.25, -0.2) is 0 Å². The number of ether oxygens (including phenoxy) is 2. The van der Waals surface area contributed by atoms with Crippen molar-refractivity contribution in [3.05, 3.63) is 59.7 Å². The number of rotatable bonds is 6. The molecule has 0 fully saturated rings. The highest BCUT2D eigenvalue weighted by Crippen LogP contribution is 2.32. The van der Waals surface area contributed by atoms with E-state index >= 15 is 0 Å². The van der Waals surface area contributed by atoms with E-state index < -0.39 is 5.92 Å². The molecule has 2 aromatic rings. The molecular formula is C17H17ClO3. The number of carbonyl (C=O) groups is 1. The topological polar surface area (TPSA) is 35.5 Å². The van der Waals surface area contributed by atoms with E-state index in [0.29, 0.717) is 17.9 Å². The van der Waals surface area contributed by atoms with E-state index in [-0.39, 0.29) is 5.24 Å². The second-order valence-electron chi connectivity index (χ2n) is 4.66. The van der Waals surface area contributed by atoms with Crippen LogP contribution in [0.15, 0.2) is 48.5 Å². The highest BCUT2D eigenvalue weighted by Gasteiger charge is 2.21. The van der Waals surface area contributed by atoms with Crippen molar-refractivity contribution in [1.29, 1.82) is 0 Å². The van der Waals surface area contributed by atoms with Gasteiger partial charge in [-0.15, -0.1) is 0 Å². The van der Waals surface area contributed by atoms with Crippen LogP contribution in [0.4, 0.5) is 0 Å². The van der Waals surface area contributed by atoms with Gasteiger partial charge in [0.15, 0.2) is 11.5 Å². The van der Waals surface area contributed by atoms with Crippen LogP contribution in [-0.4, -0.2) is 19.5 Å². The van der Waals surface area contributed by atoms with Crippen LogP contribution < -0.4 is 9.47 Å². The van der Waals surface area contributed by atoms with Crippen molar-refractivity contribution in [3.8, 4) is 11.5 Å². The fourth-order valence-electron chi connectivity index (χ4n) is 2.25. The lowest BCUT2D eigenvalue weighted by Gasteiger charge is -2.15. The minimum atomic E-state index is -0.408. The van der Waals surface area contributed by atoms with Gasteiger partial charge in [-0.05, 0) is 41.3 Å². The van der Waals surface area contributed by atoms with Crippen LogP contribution in [0.3, 0.4) is 0 Å². The first kappa shape index (κ1) is 15.4. The molecule has 0 aliphatic carbocycles. The van der Waals surface area contributed by atoms with E-state index in [4.69, 9.17) is 21.1 Å². The van der Waals surface area contributed by atoms with Gasteiger partial charge in [-0.3, -0.25) is 4.79 Å². The molecule has 0 radical (unpaired) electrons. The lowest BCUT2D eigenvalue weighted by Crippen LogP contribution is -2.10. The fourth-order valence-corrected chi connectivity index (χ4v) is 2.45. The molecule has 21 heavy (non-hydrogen) atoms. The van der Waals surface area contributed by atoms with Crippen molar-refractivity contribution in [2.45, 2.75) is 12.3 Å². The summed E-state index contributed by atoms with van der Waals surface area (Å²) in [6.45, 7) is 0. The van der Waals surface area contributed by atoms with E-state index in [1.165, 1.54) is 0 Å². The summed E-state index contributed by atoms with van der Waals surface area (Å²) in [4.78, 5) is 11.8. The molecule has 0 heterocycles. The molecule has 0 spiro atoms. The molecule has 0 aliphatic heterocycles. The molecule has 4 heteroatoms. The van der Waals surface area contributed by atoms with Crippen LogP contribution in [-0.2, 0) is 11.2 Å². The fraction of sp³-hybridized carbons (Fsp3) is 0.235. The van der Waals surface area contributed by atoms with E-state index in [1.807, 2.05) is 36.4 Å². The third kappa shape index (κ3) is 3.76. The molecule has 2 rings (SSSR count). The molecular weight excluding hydrogens is 288 g/mol. The zero-order valence-corrected chi connectivity index (χ0v) is 12.8. The number of carbonyl (C=O) groups excluding carboxylic acids is 1. The summed E-state index contributed by atoms with van der Waals surface area (Å²) in [7, 11) is 3.14. The highest BCUT2D eigenvalue weighted by atomic mass is 35.5. The summed E-state index contributed by atoms with van der Waals surface area (Å²) in [6.07, 6.45) is 0.554. The molecule has 0 aliphatic rings. The van der Waals surface area contributed by atoms with Crippen molar-refractivity contribution in [3.63, 3.8) is 0 Å². The van der Waals surface area contributed by atoms with Gasteiger partial charge in [0.25, 0.3) is 0 Å². The normalized spacial score (nSPS) is 11.8. The van der Waals surface area contributed by atoms with Crippen LogP contribution in [0.2, 0.25) is 0 Å². The molecule has 0 aromatic heterocycles. The van der Waals surface area contributed by atoms with E-state index in [1.54, 1.807) is 26.4 Å². The second kappa shape index (κ2) is 7.14. The Labute approximate surface area is 129 Å². The van der Waals surface area contributed by atoms with Crippen LogP contribution in [0.1, 0.15) is 17.0 Å². The SMILES string of the molecule is COc1ccc(C(Cc2ccccc2)C(=O)Cl)cc1OC. The predicted octanol–water partition coefficient (Wildman–Crippen LogP) is 3.80. The van der Waals surface area contributed by atoms with E-state index in [2.05, 4.69) is 0 Å². The van der Waals surface area contributed by atoms with Gasteiger partial charge < -0.3 is 9.47 Å². The molecule has 0 bridgehead atoms. The Morgan fingerprint density at radius 2 is 1.71 bits per heavy atom. The quantitative estimate of drug-likeness (QED) is 0.762. The van der Waals surface area contributed by atoms with Crippen LogP contribution in [0.5, 0.6) is 11.5 Å². The van der Waals surface area contributed by atoms with Gasteiger partial charge in [0.2, 0.25) is 5.24 Å². The van der Waals surface area contributed by atoms with Crippen molar-refractivity contribution in [2.75, 3.05) is 14.2 Å². The maximum absolute atomic E-state index is 11.8. The maximum Gasteiger partial charge on any atom is 0.229 e. The summed E-state index contributed by atoms with van der Waals surface area (Å²) in [5, 5.41) is -0.383. The van der Waals surface area contributed by atoms with Crippen LogP contribution >= 0.6 is 11.6 Å². The van der Waals surface area contributed by atoms with Gasteiger partial charge in [-0.1, -0.05) is 36.4 Å². The number of hydrogen-bond donors (Lipinski definition) is 0. The largest absolute Gasteiger partial charge is 0.493 e. The maximum atomic E-state index is 11.8. The first-order chi connectivity index (χ1) is 10.2. The van der Waals surface area contributed by atoms with Gasteiger partial charge in [0, 0.05) is 0 Å². The van der Waals surface area contributed by atoms with E-state index in [9.17, 15) is 4.79 Å². The third-order valence-electron chi connectivity index (χ3n) is 3.37. The van der Waals surface area contributed by atoms with Crippen LogP contribution in [0.25, 0.3) is 0 Å². The molecule has 110 valence electrons. The zero-order valence-electron chi connectivity index (χ0n) is 12.0. The molecule has 3 nitrogen and oxygen atoms in total. The molecule has 1 atom stereocenters. The van der Waals surface area contributed by atoms with Crippen molar-refractivity contribution >= 4 is 16.8 Å². The van der Waals surface area contributed by atoms with E-state index in [0.717, 1.165) is 11.1 Å². The van der Waals surface area contributed by atoms with Crippen molar-refractivity contribution in [1.82, 2.24) is 0 Å². The third-order valence-corrected chi connectivity index (χ3v) is 3.63. The summed E-state index contributed by atoms with van der Waals surface area (Å²) < 4.78 is 10.5. The van der Waals surface area contributed by atoms with Gasteiger partial charge in [-0.2, -0.15) is 0 Å². The highest BCUT2D eigenvalue weighted by molar-refractivity contribution is 6.64. The molecule has 0 saturated carbocycles. The predicted molar refractivity (Wildman–Crippen MR) is 83.3 cm³/mol. The zero-order chi connectivity index (χ0) is 15.2. The first-order valence-corrected chi connectivity index (χ1v) is 6.98. The molecule has 2 aromatic carbocycles. The Hall–Kier alpha value is -2.00. The minimum absolute atomic E-state index is 0.383. The minimum Gasteiger partial charge on any atom is -0.493 e. The first-order valence-electron chi connectivity index (χ1n) is 6.61. The molecule has 0 saturated heterocycles. The Balaban J connectivity index is 2.32. The van der Waals surface area contributed by atoms with Crippen molar-refractivity contribution < 1.29 is 14.3 Å². The summed E-state index contributed by atoms with van der Waals surface area (Å²) in [6, 6.07) is 15.2. The van der Waals surface area contributed by atoms with Gasteiger partial charge in [0.1, 0.15) is 0 Å². The van der Waals surface area contributed by atoms with Crippen LogP contribution in [0, 0.1) is 0 Å². The Morgan fingerprint density at radius 3 is 2.29 bits per heavy atom. The summed E-state index contributed by atoms with van der Waals surface area (Å²) in [5.41, 5.74) is 1.88. The Kier molecular flexibility index (Phi) is 5.23. The smallest absolute Gasteiger partial charge is 0.229 e. The lowest BCUT2D eigenvalue weighted by molar-refractivity contribution is -0.113. The van der Waals surface area contributed by atoms with Crippen molar-refractivity contribution in [2.24, 2.45) is 0 Å². The molecule has 0 N–H and O–H groups in total. The van der Waals surface area contributed by atoms with Gasteiger partial charge >= 0.3 is 0 Å². The van der Waals surface area contributed by atoms with Gasteiger partial charge in [0.05, 0.1) is 20.1 Å². The number of benzene rings is 2.